The lowest BCUT2D eigenvalue weighted by Crippen LogP contribution is -2.26. The van der Waals surface area contributed by atoms with Crippen LogP contribution < -0.4 is 4.74 Å². The number of ether oxygens (including phenoxy) is 1. The predicted octanol–water partition coefficient (Wildman–Crippen LogP) is 6.97. The Bertz CT molecular complexity index is 1050. The van der Waals surface area contributed by atoms with Crippen molar-refractivity contribution < 1.29 is 24.9 Å². The fourth-order valence-corrected chi connectivity index (χ4v) is 4.99. The summed E-state index contributed by atoms with van der Waals surface area (Å²) in [5.74, 6) is -0.116. The molecule has 0 fully saturated rings. The zero-order valence-electron chi connectivity index (χ0n) is 23.5. The maximum atomic E-state index is 10.7. The zero-order valence-corrected chi connectivity index (χ0v) is 23.5. The summed E-state index contributed by atoms with van der Waals surface area (Å²) < 4.78 is 5.88. The number of carboxylic acids is 1. The Hall–Kier alpha value is -2.63. The molecule has 0 bridgehead atoms. The largest absolute Gasteiger partial charge is 0.491 e. The molecule has 0 amide bonds. The summed E-state index contributed by atoms with van der Waals surface area (Å²) in [6.07, 6.45) is 7.44. The van der Waals surface area contributed by atoms with Crippen LogP contribution in [0.2, 0.25) is 0 Å². The highest BCUT2D eigenvalue weighted by atomic mass is 16.5. The van der Waals surface area contributed by atoms with E-state index in [0.29, 0.717) is 25.7 Å². The Morgan fingerprint density at radius 3 is 2.05 bits per heavy atom. The van der Waals surface area contributed by atoms with Gasteiger partial charge in [0.25, 0.3) is 0 Å². The second kappa shape index (κ2) is 13.8. The minimum Gasteiger partial charge on any atom is -0.491 e. The van der Waals surface area contributed by atoms with E-state index in [2.05, 4.69) is 51.1 Å². The van der Waals surface area contributed by atoms with Crippen molar-refractivity contribution in [2.24, 2.45) is 0 Å². The van der Waals surface area contributed by atoms with Gasteiger partial charge in [0.15, 0.2) is 0 Å². The average molecular weight is 511 g/mol. The number of carboxylic acid groups (broad SMARTS) is 1. The molecule has 2 rings (SSSR count). The van der Waals surface area contributed by atoms with Crippen LogP contribution in [0.15, 0.2) is 42.5 Å². The minimum atomic E-state index is -0.851. The number of hydrogen-bond acceptors (Lipinski definition) is 4. The molecule has 0 aliphatic carbocycles. The van der Waals surface area contributed by atoms with Gasteiger partial charge in [-0.05, 0) is 86.3 Å². The third-order valence-corrected chi connectivity index (χ3v) is 7.91. The van der Waals surface area contributed by atoms with E-state index in [1.54, 1.807) is 0 Å². The number of carbonyl (C=O) groups is 1. The molecule has 0 saturated heterocycles. The number of aryl methyl sites for hydroxylation is 2. The third kappa shape index (κ3) is 7.93. The van der Waals surface area contributed by atoms with Gasteiger partial charge in [-0.1, -0.05) is 70.2 Å². The molecule has 0 aromatic heterocycles. The van der Waals surface area contributed by atoms with Crippen LogP contribution in [0.3, 0.4) is 0 Å². The fraction of sp³-hybridized carbons (Fsp3) is 0.531. The number of aliphatic carboxylic acids is 1. The molecule has 0 heterocycles. The minimum absolute atomic E-state index is 0.0529. The van der Waals surface area contributed by atoms with Crippen LogP contribution in [0.5, 0.6) is 5.75 Å². The van der Waals surface area contributed by atoms with Gasteiger partial charge >= 0.3 is 5.97 Å². The molecule has 2 aromatic rings. The van der Waals surface area contributed by atoms with Crippen LogP contribution in [0.4, 0.5) is 0 Å². The van der Waals surface area contributed by atoms with Crippen molar-refractivity contribution in [3.05, 3.63) is 70.3 Å². The average Bonchev–Trinajstić information content (AvgIpc) is 2.88. The van der Waals surface area contributed by atoms with E-state index in [4.69, 9.17) is 9.84 Å². The Morgan fingerprint density at radius 1 is 0.946 bits per heavy atom. The van der Waals surface area contributed by atoms with Crippen molar-refractivity contribution in [1.82, 2.24) is 0 Å². The van der Waals surface area contributed by atoms with Gasteiger partial charge < -0.3 is 20.1 Å². The van der Waals surface area contributed by atoms with E-state index in [-0.39, 0.29) is 18.4 Å². The first-order chi connectivity index (χ1) is 17.5. The molecule has 204 valence electrons. The maximum Gasteiger partial charge on any atom is 0.303 e. The summed E-state index contributed by atoms with van der Waals surface area (Å²) >= 11 is 0. The van der Waals surface area contributed by atoms with Gasteiger partial charge in [0.2, 0.25) is 0 Å². The van der Waals surface area contributed by atoms with Gasteiger partial charge in [-0.3, -0.25) is 4.79 Å². The lowest BCUT2D eigenvalue weighted by Gasteiger charge is -2.34. The summed E-state index contributed by atoms with van der Waals surface area (Å²) in [6.45, 7) is 12.7. The summed E-state index contributed by atoms with van der Waals surface area (Å²) in [5, 5.41) is 29.5. The van der Waals surface area contributed by atoms with E-state index in [1.807, 2.05) is 39.0 Å². The first kappa shape index (κ1) is 30.6. The second-order valence-electron chi connectivity index (χ2n) is 10.2. The van der Waals surface area contributed by atoms with Gasteiger partial charge in [0.1, 0.15) is 12.4 Å². The highest BCUT2D eigenvalue weighted by Crippen LogP contribution is 2.41. The molecule has 37 heavy (non-hydrogen) atoms. The van der Waals surface area contributed by atoms with Crippen LogP contribution >= 0.6 is 0 Å². The molecule has 0 spiro atoms. The molecule has 0 unspecified atom stereocenters. The van der Waals surface area contributed by atoms with Gasteiger partial charge in [0.05, 0.1) is 11.7 Å². The fourth-order valence-electron chi connectivity index (χ4n) is 4.99. The van der Waals surface area contributed by atoms with Gasteiger partial charge in [-0.15, -0.1) is 0 Å². The van der Waals surface area contributed by atoms with Crippen LogP contribution in [0.1, 0.15) is 100 Å². The molecular formula is C32H46O5. The number of aliphatic hydroxyl groups excluding tert-OH is 1. The summed E-state index contributed by atoms with van der Waals surface area (Å²) in [4.78, 5) is 10.7. The van der Waals surface area contributed by atoms with Crippen molar-refractivity contribution in [2.75, 3.05) is 6.61 Å². The first-order valence-corrected chi connectivity index (χ1v) is 13.7. The molecule has 0 radical (unpaired) electrons. The van der Waals surface area contributed by atoms with Gasteiger partial charge in [0, 0.05) is 11.8 Å². The van der Waals surface area contributed by atoms with Crippen molar-refractivity contribution >= 4 is 12.0 Å². The number of aliphatic hydroxyl groups is 2. The Balaban J connectivity index is 2.26. The van der Waals surface area contributed by atoms with E-state index >= 15 is 0 Å². The topological polar surface area (TPSA) is 87.0 Å². The smallest absolute Gasteiger partial charge is 0.303 e. The van der Waals surface area contributed by atoms with E-state index in [1.165, 1.54) is 16.7 Å². The second-order valence-corrected chi connectivity index (χ2v) is 10.2. The molecule has 2 aromatic carbocycles. The van der Waals surface area contributed by atoms with E-state index < -0.39 is 17.7 Å². The van der Waals surface area contributed by atoms with Crippen molar-refractivity contribution in [3.63, 3.8) is 0 Å². The Morgan fingerprint density at radius 2 is 1.54 bits per heavy atom. The van der Waals surface area contributed by atoms with Gasteiger partial charge in [-0.2, -0.15) is 0 Å². The molecule has 1 atom stereocenters. The summed E-state index contributed by atoms with van der Waals surface area (Å²) in [6, 6.07) is 12.9. The summed E-state index contributed by atoms with van der Waals surface area (Å²) in [5.41, 5.74) is 4.91. The normalized spacial score (nSPS) is 13.2. The SMILES string of the molecule is CCC(O)(C=Cc1ccc(C(CC)(CC)c2ccc(OC[C@H](O)CCCC(=O)O)c(C)c2)cc1C)CC. The molecular weight excluding hydrogens is 464 g/mol. The van der Waals surface area contributed by atoms with Crippen LogP contribution in [0.25, 0.3) is 6.08 Å². The van der Waals surface area contributed by atoms with Crippen LogP contribution in [-0.4, -0.2) is 39.6 Å². The lowest BCUT2D eigenvalue weighted by molar-refractivity contribution is -0.137. The zero-order chi connectivity index (χ0) is 27.6. The van der Waals surface area contributed by atoms with E-state index in [0.717, 1.165) is 29.7 Å². The molecule has 5 heteroatoms. The third-order valence-electron chi connectivity index (χ3n) is 7.91. The molecule has 0 saturated carbocycles. The quantitative estimate of drug-likeness (QED) is 0.241. The first-order valence-electron chi connectivity index (χ1n) is 13.7. The van der Waals surface area contributed by atoms with Crippen LogP contribution in [0, 0.1) is 13.8 Å². The van der Waals surface area contributed by atoms with Gasteiger partial charge in [-0.25, -0.2) is 0 Å². The number of rotatable bonds is 15. The van der Waals surface area contributed by atoms with Crippen molar-refractivity contribution in [2.45, 2.75) is 104 Å². The highest BCUT2D eigenvalue weighted by Gasteiger charge is 2.31. The Kier molecular flexibility index (Phi) is 11.4. The Labute approximate surface area is 223 Å². The molecule has 0 aliphatic heterocycles. The van der Waals surface area contributed by atoms with Crippen molar-refractivity contribution in [3.8, 4) is 5.75 Å². The maximum absolute atomic E-state index is 10.7. The number of hydrogen-bond donors (Lipinski definition) is 3. The standard InChI is InChI=1S/C32H46O5/c1-7-31(36,8-2)19-18-25-14-15-26(20-23(25)5)32(9-3,10-4)27-16-17-29(24(6)21-27)37-22-28(33)12-11-13-30(34)35/h14-21,28,33,36H,7-13,22H2,1-6H3,(H,34,35)/t28-/m1/s1. The molecule has 3 N–H and O–H groups in total. The summed E-state index contributed by atoms with van der Waals surface area (Å²) in [7, 11) is 0. The lowest BCUT2D eigenvalue weighted by atomic mass is 9.70. The monoisotopic (exact) mass is 510 g/mol. The number of benzene rings is 2. The van der Waals surface area contributed by atoms with Crippen molar-refractivity contribution in [1.29, 1.82) is 0 Å². The molecule has 5 nitrogen and oxygen atoms in total. The predicted molar refractivity (Wildman–Crippen MR) is 151 cm³/mol. The van der Waals surface area contributed by atoms with Crippen LogP contribution in [-0.2, 0) is 10.2 Å². The highest BCUT2D eigenvalue weighted by molar-refractivity contribution is 5.66. The molecule has 0 aliphatic rings. The van der Waals surface area contributed by atoms with E-state index in [9.17, 15) is 15.0 Å².